The molecule has 2 aliphatic heterocycles. The van der Waals surface area contributed by atoms with Crippen LogP contribution in [0.2, 0.25) is 0 Å². The summed E-state index contributed by atoms with van der Waals surface area (Å²) in [5.74, 6) is -0.711. The number of nitrogens with zero attached hydrogens (tertiary/aromatic N) is 2. The van der Waals surface area contributed by atoms with Gasteiger partial charge in [0.2, 0.25) is 5.91 Å². The summed E-state index contributed by atoms with van der Waals surface area (Å²) in [5, 5.41) is 0.539. The summed E-state index contributed by atoms with van der Waals surface area (Å²) in [6, 6.07) is -2.44. The second-order valence-electron chi connectivity index (χ2n) is 4.45. The first-order chi connectivity index (χ1) is 8.63. The van der Waals surface area contributed by atoms with Gasteiger partial charge in [-0.3, -0.25) is 9.35 Å². The molecule has 11 heteroatoms. The van der Waals surface area contributed by atoms with Crippen LogP contribution in [0.25, 0.3) is 0 Å². The van der Waals surface area contributed by atoms with Crippen molar-refractivity contribution in [3.8, 4) is 0 Å². The Kier molecular flexibility index (Phi) is 4.89. The van der Waals surface area contributed by atoms with Crippen molar-refractivity contribution in [3.63, 3.8) is 0 Å². The molecule has 20 heavy (non-hydrogen) atoms. The van der Waals surface area contributed by atoms with E-state index in [0.717, 1.165) is 4.90 Å². The van der Waals surface area contributed by atoms with Gasteiger partial charge in [-0.1, -0.05) is 0 Å². The van der Waals surface area contributed by atoms with Gasteiger partial charge in [0.15, 0.2) is 0 Å². The molecule has 3 N–H and O–H groups in total. The Morgan fingerprint density at radius 2 is 1.95 bits per heavy atom. The summed E-state index contributed by atoms with van der Waals surface area (Å²) in [7, 11) is -4.82. The van der Waals surface area contributed by atoms with E-state index in [2.05, 4.69) is 4.28 Å². The minimum atomic E-state index is -4.82. The third kappa shape index (κ3) is 2.85. The van der Waals surface area contributed by atoms with E-state index in [1.54, 1.807) is 13.8 Å². The van der Waals surface area contributed by atoms with Crippen molar-refractivity contribution in [3.05, 3.63) is 11.1 Å². The number of hydroxylamine groups is 2. The SMILES string of the molecule is CC1=C(C)[C@@H]2CN(C(=O)N2OS(=O)(=O)O)[C@@H]1C(N)=O.[NaH]. The zero-order chi connectivity index (χ0) is 14.5. The molecule has 0 aliphatic carbocycles. The average molecular weight is 315 g/mol. The van der Waals surface area contributed by atoms with Crippen LogP contribution >= 0.6 is 0 Å². The van der Waals surface area contributed by atoms with E-state index in [1.807, 2.05) is 0 Å². The molecule has 2 heterocycles. The third-order valence-corrected chi connectivity index (χ3v) is 3.72. The van der Waals surface area contributed by atoms with Gasteiger partial charge in [0.25, 0.3) is 0 Å². The predicted molar refractivity (Wildman–Crippen MR) is 68.9 cm³/mol. The first kappa shape index (κ1) is 17.4. The molecule has 2 rings (SSSR count). The van der Waals surface area contributed by atoms with E-state index in [1.165, 1.54) is 0 Å². The van der Waals surface area contributed by atoms with Crippen LogP contribution in [0.3, 0.4) is 0 Å². The van der Waals surface area contributed by atoms with Crippen LogP contribution in [0, 0.1) is 0 Å². The zero-order valence-electron chi connectivity index (χ0n) is 10.2. The Morgan fingerprint density at radius 3 is 2.40 bits per heavy atom. The normalized spacial score (nSPS) is 25.9. The number of nitrogens with two attached hydrogens (primary N) is 1. The molecule has 0 spiro atoms. The second-order valence-corrected chi connectivity index (χ2v) is 5.45. The van der Waals surface area contributed by atoms with Crippen LogP contribution in [-0.2, 0) is 19.5 Å². The monoisotopic (exact) mass is 315 g/mol. The fraction of sp³-hybridized carbons (Fsp3) is 0.556. The molecule has 2 atom stereocenters. The molecule has 108 valence electrons. The molecule has 0 aromatic carbocycles. The predicted octanol–water partition coefficient (Wildman–Crippen LogP) is -1.62. The molecule has 3 amide bonds. The summed E-state index contributed by atoms with van der Waals surface area (Å²) in [6.45, 7) is 3.35. The molecule has 0 aromatic heterocycles. The van der Waals surface area contributed by atoms with E-state index in [-0.39, 0.29) is 36.1 Å². The standard InChI is InChI=1S/C9H13N3O6S.Na.H/c1-4-5(2)7(8(10)13)11-3-6(4)12(9(11)14)18-19(15,16)17;;/h6-7H,3H2,1-2H3,(H2,10,13)(H,15,16,17);;/t6-,7-;;/m0../s1. The second kappa shape index (κ2) is 5.62. The summed E-state index contributed by atoms with van der Waals surface area (Å²) in [4.78, 5) is 24.5. The average Bonchev–Trinajstić information content (AvgIpc) is 2.51. The van der Waals surface area contributed by atoms with Crippen molar-refractivity contribution >= 4 is 51.9 Å². The molecule has 0 unspecified atom stereocenters. The number of carbonyl (C=O) groups excluding carboxylic acids is 2. The van der Waals surface area contributed by atoms with Gasteiger partial charge < -0.3 is 10.6 Å². The molecular formula is C9H14N3NaO6S. The van der Waals surface area contributed by atoms with Crippen molar-refractivity contribution < 1.29 is 26.8 Å². The molecule has 1 fully saturated rings. The van der Waals surface area contributed by atoms with Crippen LogP contribution in [0.15, 0.2) is 11.1 Å². The Bertz CT molecular complexity index is 588. The molecule has 0 radical (unpaired) electrons. The van der Waals surface area contributed by atoms with E-state index in [9.17, 15) is 18.0 Å². The summed E-state index contributed by atoms with van der Waals surface area (Å²) >= 11 is 0. The Balaban J connectivity index is 0.00000200. The van der Waals surface area contributed by atoms with Crippen molar-refractivity contribution in [1.82, 2.24) is 9.96 Å². The number of urea groups is 1. The molecule has 1 saturated heterocycles. The van der Waals surface area contributed by atoms with E-state index >= 15 is 0 Å². The number of primary amides is 1. The first-order valence-corrected chi connectivity index (χ1v) is 6.73. The molecule has 0 saturated carbocycles. The fourth-order valence-corrected chi connectivity index (χ4v) is 2.76. The maximum absolute atomic E-state index is 12.0. The van der Waals surface area contributed by atoms with Crippen molar-refractivity contribution in [1.29, 1.82) is 0 Å². The van der Waals surface area contributed by atoms with Gasteiger partial charge >= 0.3 is 46.0 Å². The number of amides is 3. The Labute approximate surface area is 137 Å². The number of fused-ring (bicyclic) bond motifs is 2. The number of rotatable bonds is 3. The van der Waals surface area contributed by atoms with Crippen LogP contribution in [0.5, 0.6) is 0 Å². The van der Waals surface area contributed by atoms with E-state index < -0.39 is 34.4 Å². The zero-order valence-corrected chi connectivity index (χ0v) is 11.0. The summed E-state index contributed by atoms with van der Waals surface area (Å²) in [5.41, 5.74) is 6.42. The molecule has 0 aromatic rings. The molecule has 2 aliphatic rings. The van der Waals surface area contributed by atoms with Gasteiger partial charge in [-0.2, -0.15) is 13.5 Å². The van der Waals surface area contributed by atoms with Crippen LogP contribution < -0.4 is 5.73 Å². The van der Waals surface area contributed by atoms with E-state index in [0.29, 0.717) is 16.2 Å². The summed E-state index contributed by atoms with van der Waals surface area (Å²) < 4.78 is 34.4. The molecule has 9 nitrogen and oxygen atoms in total. The minimum absolute atomic E-state index is 0. The van der Waals surface area contributed by atoms with Gasteiger partial charge in [-0.25, -0.2) is 4.79 Å². The number of carbonyl (C=O) groups is 2. The van der Waals surface area contributed by atoms with Gasteiger partial charge in [0.05, 0.1) is 6.54 Å². The van der Waals surface area contributed by atoms with Crippen LogP contribution in [0.1, 0.15) is 13.8 Å². The van der Waals surface area contributed by atoms with Crippen LogP contribution in [-0.4, -0.2) is 83.1 Å². The topological polar surface area (TPSA) is 130 Å². The summed E-state index contributed by atoms with van der Waals surface area (Å²) in [6.07, 6.45) is 0. The molecular weight excluding hydrogens is 301 g/mol. The van der Waals surface area contributed by atoms with Gasteiger partial charge in [0, 0.05) is 0 Å². The third-order valence-electron chi connectivity index (χ3n) is 3.37. The van der Waals surface area contributed by atoms with E-state index in [4.69, 9.17) is 10.3 Å². The Hall–Kier alpha value is -0.650. The van der Waals surface area contributed by atoms with Crippen molar-refractivity contribution in [2.75, 3.05) is 6.54 Å². The van der Waals surface area contributed by atoms with Gasteiger partial charge in [-0.15, -0.1) is 4.28 Å². The van der Waals surface area contributed by atoms with Gasteiger partial charge in [0.1, 0.15) is 12.1 Å². The van der Waals surface area contributed by atoms with Crippen LogP contribution in [0.4, 0.5) is 4.79 Å². The number of hydrogen-bond donors (Lipinski definition) is 2. The maximum atomic E-state index is 12.0. The molecule has 2 bridgehead atoms. The van der Waals surface area contributed by atoms with Crippen molar-refractivity contribution in [2.45, 2.75) is 25.9 Å². The van der Waals surface area contributed by atoms with Crippen molar-refractivity contribution in [2.24, 2.45) is 5.73 Å². The first-order valence-electron chi connectivity index (χ1n) is 5.37. The fourth-order valence-electron chi connectivity index (χ4n) is 2.39. The number of hydrogen-bond acceptors (Lipinski definition) is 5. The quantitative estimate of drug-likeness (QED) is 0.366. The Morgan fingerprint density at radius 1 is 1.40 bits per heavy atom. The van der Waals surface area contributed by atoms with Gasteiger partial charge in [-0.05, 0) is 25.0 Å².